The molecule has 1 aliphatic heterocycles. The molecule has 0 bridgehead atoms. The van der Waals surface area contributed by atoms with Gasteiger partial charge in [0, 0.05) is 18.3 Å². The molecule has 1 atom stereocenters. The van der Waals surface area contributed by atoms with Gasteiger partial charge in [0.15, 0.2) is 0 Å². The van der Waals surface area contributed by atoms with Gasteiger partial charge in [0.1, 0.15) is 0 Å². The molecule has 1 aromatic rings. The van der Waals surface area contributed by atoms with Crippen LogP contribution in [0.1, 0.15) is 12.0 Å². The van der Waals surface area contributed by atoms with E-state index in [4.69, 9.17) is 11.0 Å². The van der Waals surface area contributed by atoms with E-state index in [1.54, 1.807) is 12.1 Å². The smallest absolute Gasteiger partial charge is 0.239 e. The summed E-state index contributed by atoms with van der Waals surface area (Å²) in [6.45, 7) is 1.67. The van der Waals surface area contributed by atoms with Crippen LogP contribution in [0.5, 0.6) is 0 Å². The molecule has 1 fully saturated rings. The highest BCUT2D eigenvalue weighted by Crippen LogP contribution is 2.17. The van der Waals surface area contributed by atoms with Crippen LogP contribution in [0.15, 0.2) is 24.3 Å². The van der Waals surface area contributed by atoms with E-state index in [1.165, 1.54) is 0 Å². The number of hydrogen-bond acceptors (Lipinski definition) is 4. The normalized spacial score (nSPS) is 19.2. The van der Waals surface area contributed by atoms with Crippen molar-refractivity contribution >= 4 is 11.6 Å². The molecule has 1 saturated heterocycles. The van der Waals surface area contributed by atoms with E-state index in [9.17, 15) is 4.79 Å². The van der Waals surface area contributed by atoms with Gasteiger partial charge in [-0.15, -0.1) is 0 Å². The highest BCUT2D eigenvalue weighted by atomic mass is 16.2. The Bertz CT molecular complexity index is 463. The van der Waals surface area contributed by atoms with Gasteiger partial charge >= 0.3 is 0 Å². The van der Waals surface area contributed by atoms with Crippen molar-refractivity contribution in [1.82, 2.24) is 5.32 Å². The van der Waals surface area contributed by atoms with Crippen LogP contribution in [0.2, 0.25) is 0 Å². The van der Waals surface area contributed by atoms with E-state index in [-0.39, 0.29) is 11.9 Å². The Labute approximate surface area is 106 Å². The number of nitrogens with two attached hydrogens (primary N) is 1. The molecule has 94 valence electrons. The quantitative estimate of drug-likeness (QED) is 0.796. The van der Waals surface area contributed by atoms with Gasteiger partial charge in [0.05, 0.1) is 18.2 Å². The zero-order valence-corrected chi connectivity index (χ0v) is 10.1. The van der Waals surface area contributed by atoms with E-state index in [0.717, 1.165) is 18.7 Å². The number of nitrogens with zero attached hydrogens (tertiary/aromatic N) is 2. The summed E-state index contributed by atoms with van der Waals surface area (Å²) in [6, 6.07) is 9.45. The lowest BCUT2D eigenvalue weighted by Gasteiger charge is -2.34. The van der Waals surface area contributed by atoms with Crippen molar-refractivity contribution in [1.29, 1.82) is 5.26 Å². The molecule has 0 saturated carbocycles. The maximum Gasteiger partial charge on any atom is 0.239 e. The number of rotatable bonds is 3. The average Bonchev–Trinajstić information content (AvgIpc) is 2.38. The molecule has 1 unspecified atom stereocenters. The molecule has 1 heterocycles. The van der Waals surface area contributed by atoms with Gasteiger partial charge < -0.3 is 16.0 Å². The molecule has 2 rings (SSSR count). The summed E-state index contributed by atoms with van der Waals surface area (Å²) in [5.74, 6) is 0.0176. The third-order valence-corrected chi connectivity index (χ3v) is 3.02. The molecule has 5 heteroatoms. The van der Waals surface area contributed by atoms with Crippen LogP contribution in [-0.4, -0.2) is 31.6 Å². The Hall–Kier alpha value is -2.06. The zero-order valence-electron chi connectivity index (χ0n) is 10.1. The second kappa shape index (κ2) is 5.52. The van der Waals surface area contributed by atoms with E-state index in [2.05, 4.69) is 11.4 Å². The standard InChI is InChI=1S/C13H16N4O/c14-6-5-11-8-17(9-13(18)16-11)12-3-1-10(7-15)2-4-12/h1-4,11H,5-6,8-9,14H2,(H,16,18). The van der Waals surface area contributed by atoms with Crippen LogP contribution >= 0.6 is 0 Å². The minimum Gasteiger partial charge on any atom is -0.360 e. The minimum atomic E-state index is 0.0176. The number of carbonyl (C=O) groups excluding carboxylic acids is 1. The molecule has 5 nitrogen and oxygen atoms in total. The van der Waals surface area contributed by atoms with E-state index in [0.29, 0.717) is 18.7 Å². The first-order chi connectivity index (χ1) is 8.72. The molecule has 0 aliphatic carbocycles. The molecule has 1 amide bonds. The van der Waals surface area contributed by atoms with Crippen molar-refractivity contribution in [2.45, 2.75) is 12.5 Å². The second-order valence-corrected chi connectivity index (χ2v) is 4.38. The molecular weight excluding hydrogens is 228 g/mol. The number of anilines is 1. The maximum atomic E-state index is 11.6. The maximum absolute atomic E-state index is 11.6. The van der Waals surface area contributed by atoms with Crippen LogP contribution in [0, 0.1) is 11.3 Å². The van der Waals surface area contributed by atoms with Crippen LogP contribution in [-0.2, 0) is 4.79 Å². The zero-order chi connectivity index (χ0) is 13.0. The summed E-state index contributed by atoms with van der Waals surface area (Å²) < 4.78 is 0. The van der Waals surface area contributed by atoms with Crippen molar-refractivity contribution in [3.8, 4) is 6.07 Å². The monoisotopic (exact) mass is 244 g/mol. The predicted molar refractivity (Wildman–Crippen MR) is 69.0 cm³/mol. The van der Waals surface area contributed by atoms with Crippen LogP contribution in [0.4, 0.5) is 5.69 Å². The summed E-state index contributed by atoms with van der Waals surface area (Å²) in [6.07, 6.45) is 0.776. The van der Waals surface area contributed by atoms with Crippen molar-refractivity contribution in [2.75, 3.05) is 24.5 Å². The largest absolute Gasteiger partial charge is 0.360 e. The van der Waals surface area contributed by atoms with E-state index in [1.807, 2.05) is 17.0 Å². The van der Waals surface area contributed by atoms with E-state index < -0.39 is 0 Å². The first kappa shape index (κ1) is 12.4. The van der Waals surface area contributed by atoms with Crippen LogP contribution in [0.3, 0.4) is 0 Å². The highest BCUT2D eigenvalue weighted by Gasteiger charge is 2.23. The lowest BCUT2D eigenvalue weighted by molar-refractivity contribution is -0.121. The molecule has 18 heavy (non-hydrogen) atoms. The lowest BCUT2D eigenvalue weighted by atomic mass is 10.1. The molecule has 3 N–H and O–H groups in total. The van der Waals surface area contributed by atoms with Crippen molar-refractivity contribution in [3.63, 3.8) is 0 Å². The topological polar surface area (TPSA) is 82.2 Å². The minimum absolute atomic E-state index is 0.0176. The van der Waals surface area contributed by atoms with Gasteiger partial charge in [-0.25, -0.2) is 0 Å². The number of piperazine rings is 1. The molecule has 1 aliphatic rings. The lowest BCUT2D eigenvalue weighted by Crippen LogP contribution is -2.54. The van der Waals surface area contributed by atoms with Gasteiger partial charge in [0.2, 0.25) is 5.91 Å². The summed E-state index contributed by atoms with van der Waals surface area (Å²) >= 11 is 0. The van der Waals surface area contributed by atoms with Crippen molar-refractivity contribution in [3.05, 3.63) is 29.8 Å². The number of hydrogen-bond donors (Lipinski definition) is 2. The third kappa shape index (κ3) is 2.79. The van der Waals surface area contributed by atoms with Gasteiger partial charge in [0.25, 0.3) is 0 Å². The van der Waals surface area contributed by atoms with Crippen LogP contribution < -0.4 is 16.0 Å². The van der Waals surface area contributed by atoms with Crippen molar-refractivity contribution < 1.29 is 4.79 Å². The Kier molecular flexibility index (Phi) is 3.80. The number of amides is 1. The first-order valence-corrected chi connectivity index (χ1v) is 5.97. The van der Waals surface area contributed by atoms with Crippen LogP contribution in [0.25, 0.3) is 0 Å². The predicted octanol–water partition coefficient (Wildman–Crippen LogP) is 0.212. The fourth-order valence-corrected chi connectivity index (χ4v) is 2.13. The number of nitriles is 1. The molecular formula is C13H16N4O. The SMILES string of the molecule is N#Cc1ccc(N2CC(=O)NC(CCN)C2)cc1. The first-order valence-electron chi connectivity index (χ1n) is 5.97. The molecule has 0 spiro atoms. The third-order valence-electron chi connectivity index (χ3n) is 3.02. The molecule has 0 aromatic heterocycles. The van der Waals surface area contributed by atoms with Gasteiger partial charge in [-0.05, 0) is 37.2 Å². The highest BCUT2D eigenvalue weighted by molar-refractivity contribution is 5.83. The number of carbonyl (C=O) groups is 1. The second-order valence-electron chi connectivity index (χ2n) is 4.38. The fraction of sp³-hybridized carbons (Fsp3) is 0.385. The summed E-state index contributed by atoms with van der Waals surface area (Å²) in [7, 11) is 0. The Morgan fingerprint density at radius 2 is 2.17 bits per heavy atom. The summed E-state index contributed by atoms with van der Waals surface area (Å²) in [4.78, 5) is 13.6. The fourth-order valence-electron chi connectivity index (χ4n) is 2.13. The average molecular weight is 244 g/mol. The molecule has 0 radical (unpaired) electrons. The van der Waals surface area contributed by atoms with Gasteiger partial charge in [-0.3, -0.25) is 4.79 Å². The van der Waals surface area contributed by atoms with Crippen molar-refractivity contribution in [2.24, 2.45) is 5.73 Å². The summed E-state index contributed by atoms with van der Waals surface area (Å²) in [5, 5.41) is 11.7. The number of benzene rings is 1. The van der Waals surface area contributed by atoms with Gasteiger partial charge in [-0.2, -0.15) is 5.26 Å². The van der Waals surface area contributed by atoms with Gasteiger partial charge in [-0.1, -0.05) is 0 Å². The molecule has 1 aromatic carbocycles. The Morgan fingerprint density at radius 1 is 1.44 bits per heavy atom. The summed E-state index contributed by atoms with van der Waals surface area (Å²) in [5.41, 5.74) is 7.11. The Balaban J connectivity index is 2.11. The van der Waals surface area contributed by atoms with E-state index >= 15 is 0 Å². The number of nitrogens with one attached hydrogen (secondary N) is 1. The Morgan fingerprint density at radius 3 is 2.78 bits per heavy atom.